The average molecular weight is 557 g/mol. The predicted octanol–water partition coefficient (Wildman–Crippen LogP) is 4.59. The minimum absolute atomic E-state index is 0. The van der Waals surface area contributed by atoms with Gasteiger partial charge in [0.25, 0.3) is 0 Å². The summed E-state index contributed by atoms with van der Waals surface area (Å²) < 4.78 is 25.2. The van der Waals surface area contributed by atoms with E-state index in [1.165, 1.54) is 18.9 Å². The highest BCUT2D eigenvalue weighted by Crippen LogP contribution is 2.30. The molecule has 176 valence electrons. The van der Waals surface area contributed by atoms with Crippen molar-refractivity contribution in [1.82, 2.24) is 10.6 Å². The predicted molar refractivity (Wildman–Crippen MR) is 136 cm³/mol. The van der Waals surface area contributed by atoms with E-state index >= 15 is 0 Å². The molecule has 0 aromatic heterocycles. The highest BCUT2D eigenvalue weighted by Gasteiger charge is 2.22. The van der Waals surface area contributed by atoms with Gasteiger partial charge in [-0.05, 0) is 68.0 Å². The zero-order valence-corrected chi connectivity index (χ0v) is 21.1. The lowest BCUT2D eigenvalue weighted by Gasteiger charge is -2.19. The molecule has 2 unspecified atom stereocenters. The highest BCUT2D eigenvalue weighted by molar-refractivity contribution is 14.0. The van der Waals surface area contributed by atoms with Crippen LogP contribution in [0.4, 0.5) is 4.39 Å². The Kier molecular flexibility index (Phi) is 10.5. The number of hydrogen-bond donors (Lipinski definition) is 3. The Bertz CT molecular complexity index is 893. The van der Waals surface area contributed by atoms with Crippen molar-refractivity contribution in [2.45, 2.75) is 38.8 Å². The minimum Gasteiger partial charge on any atom is -0.497 e. The Morgan fingerprint density at radius 3 is 2.66 bits per heavy atom. The molecule has 1 fully saturated rings. The molecule has 0 spiro atoms. The zero-order chi connectivity index (χ0) is 22.2. The van der Waals surface area contributed by atoms with Gasteiger partial charge in [0.15, 0.2) is 17.5 Å². The molecule has 2 aromatic carbocycles. The Balaban J connectivity index is 0.00000363. The fourth-order valence-electron chi connectivity index (χ4n) is 3.14. The number of nitrogens with one attached hydrogen (secondary N) is 2. The third-order valence-corrected chi connectivity index (χ3v) is 5.23. The normalized spacial score (nSPS) is 15.3. The topological polar surface area (TPSA) is 75.1 Å². The van der Waals surface area contributed by atoms with Crippen molar-refractivity contribution < 1.29 is 19.0 Å². The number of ether oxygens (including phenoxy) is 2. The van der Waals surface area contributed by atoms with Gasteiger partial charge in [-0.1, -0.05) is 18.2 Å². The van der Waals surface area contributed by atoms with Crippen LogP contribution >= 0.6 is 24.0 Å². The van der Waals surface area contributed by atoms with Crippen LogP contribution in [0.1, 0.15) is 50.0 Å². The zero-order valence-electron chi connectivity index (χ0n) is 18.8. The summed E-state index contributed by atoms with van der Waals surface area (Å²) in [5.74, 6) is 1.75. The molecule has 3 rings (SSSR count). The molecular weight excluding hydrogens is 524 g/mol. The smallest absolute Gasteiger partial charge is 0.191 e. The second-order valence-corrected chi connectivity index (χ2v) is 7.82. The third kappa shape index (κ3) is 7.81. The van der Waals surface area contributed by atoms with Crippen LogP contribution in [0.3, 0.4) is 0 Å². The average Bonchev–Trinajstić information content (AvgIpc) is 3.61. The Labute approximate surface area is 206 Å². The molecule has 6 nitrogen and oxygen atoms in total. The fourth-order valence-corrected chi connectivity index (χ4v) is 3.14. The molecule has 0 heterocycles. The Morgan fingerprint density at radius 2 is 2.00 bits per heavy atom. The molecule has 2 aromatic rings. The summed E-state index contributed by atoms with van der Waals surface area (Å²) in [6.07, 6.45) is 1.57. The summed E-state index contributed by atoms with van der Waals surface area (Å²) in [5, 5.41) is 16.9. The maximum Gasteiger partial charge on any atom is 0.191 e. The van der Waals surface area contributed by atoms with Crippen LogP contribution in [0.15, 0.2) is 47.5 Å². The van der Waals surface area contributed by atoms with Crippen molar-refractivity contribution in [2.75, 3.05) is 26.8 Å². The molecular formula is C24H33FIN3O3. The first-order chi connectivity index (χ1) is 15.0. The van der Waals surface area contributed by atoms with E-state index in [9.17, 15) is 9.50 Å². The Morgan fingerprint density at radius 1 is 1.22 bits per heavy atom. The van der Waals surface area contributed by atoms with Gasteiger partial charge in [-0.15, -0.1) is 24.0 Å². The van der Waals surface area contributed by atoms with Crippen molar-refractivity contribution >= 4 is 29.9 Å². The van der Waals surface area contributed by atoms with E-state index in [0.717, 1.165) is 11.1 Å². The molecule has 0 amide bonds. The molecule has 0 aliphatic heterocycles. The first-order valence-corrected chi connectivity index (χ1v) is 10.8. The number of hydrogen-bond acceptors (Lipinski definition) is 4. The summed E-state index contributed by atoms with van der Waals surface area (Å²) in [7, 11) is 1.59. The van der Waals surface area contributed by atoms with Crippen LogP contribution < -0.4 is 20.1 Å². The maximum atomic E-state index is 14.4. The summed E-state index contributed by atoms with van der Waals surface area (Å²) in [6, 6.07) is 12.1. The van der Waals surface area contributed by atoms with E-state index in [-0.39, 0.29) is 42.4 Å². The number of benzene rings is 2. The van der Waals surface area contributed by atoms with E-state index in [0.29, 0.717) is 36.5 Å². The van der Waals surface area contributed by atoms with Gasteiger partial charge >= 0.3 is 0 Å². The standard InChI is InChI=1S/C24H32FN3O3.HI/c1-4-26-24(27-14-22(29)19-6-5-7-20(12-19)30-3)28-16(2)18-10-11-23(21(25)13-18)31-15-17-8-9-17;/h5-7,10-13,16-17,22,29H,4,8-9,14-15H2,1-3H3,(H2,26,27,28);1H. The molecule has 1 saturated carbocycles. The molecule has 1 aliphatic rings. The van der Waals surface area contributed by atoms with Crippen LogP contribution in [-0.4, -0.2) is 37.9 Å². The summed E-state index contributed by atoms with van der Waals surface area (Å²) in [4.78, 5) is 4.49. The van der Waals surface area contributed by atoms with Gasteiger partial charge in [0.05, 0.1) is 32.4 Å². The van der Waals surface area contributed by atoms with Crippen LogP contribution in [0.25, 0.3) is 0 Å². The molecule has 32 heavy (non-hydrogen) atoms. The number of aliphatic hydroxyl groups is 1. The molecule has 3 N–H and O–H groups in total. The second kappa shape index (κ2) is 12.8. The molecule has 0 bridgehead atoms. The minimum atomic E-state index is -0.763. The number of methoxy groups -OCH3 is 1. The number of rotatable bonds is 10. The first kappa shape index (κ1) is 26.2. The largest absolute Gasteiger partial charge is 0.497 e. The van der Waals surface area contributed by atoms with E-state index < -0.39 is 6.10 Å². The van der Waals surface area contributed by atoms with Crippen LogP contribution in [0, 0.1) is 11.7 Å². The maximum absolute atomic E-state index is 14.4. The van der Waals surface area contributed by atoms with Gasteiger partial charge in [0.1, 0.15) is 5.75 Å². The third-order valence-electron chi connectivity index (χ3n) is 5.23. The van der Waals surface area contributed by atoms with Gasteiger partial charge in [-0.2, -0.15) is 0 Å². The summed E-state index contributed by atoms with van der Waals surface area (Å²) in [6.45, 7) is 5.32. The van der Waals surface area contributed by atoms with Gasteiger partial charge in [0.2, 0.25) is 0 Å². The molecule has 2 atom stereocenters. The summed E-state index contributed by atoms with van der Waals surface area (Å²) >= 11 is 0. The lowest BCUT2D eigenvalue weighted by Crippen LogP contribution is -2.39. The van der Waals surface area contributed by atoms with Crippen molar-refractivity contribution in [3.05, 3.63) is 59.4 Å². The van der Waals surface area contributed by atoms with Gasteiger partial charge in [-0.25, -0.2) is 4.39 Å². The van der Waals surface area contributed by atoms with E-state index in [1.54, 1.807) is 19.2 Å². The fraction of sp³-hybridized carbons (Fsp3) is 0.458. The first-order valence-electron chi connectivity index (χ1n) is 10.8. The number of aliphatic imine (C=N–C) groups is 1. The SMILES string of the molecule is CCNC(=NCC(O)c1cccc(OC)c1)NC(C)c1ccc(OCC2CC2)c(F)c1.I. The van der Waals surface area contributed by atoms with Crippen molar-refractivity contribution in [2.24, 2.45) is 10.9 Å². The van der Waals surface area contributed by atoms with Gasteiger partial charge in [0, 0.05) is 6.54 Å². The van der Waals surface area contributed by atoms with E-state index in [4.69, 9.17) is 9.47 Å². The number of nitrogens with zero attached hydrogens (tertiary/aromatic N) is 1. The number of guanidine groups is 1. The molecule has 1 aliphatic carbocycles. The van der Waals surface area contributed by atoms with E-state index in [2.05, 4.69) is 15.6 Å². The van der Waals surface area contributed by atoms with Gasteiger partial charge < -0.3 is 25.2 Å². The molecule has 0 saturated heterocycles. The molecule has 8 heteroatoms. The highest BCUT2D eigenvalue weighted by atomic mass is 127. The van der Waals surface area contributed by atoms with Crippen LogP contribution in [0.2, 0.25) is 0 Å². The lowest BCUT2D eigenvalue weighted by atomic mass is 10.1. The number of aliphatic hydroxyl groups excluding tert-OH is 1. The Hall–Kier alpha value is -2.07. The van der Waals surface area contributed by atoms with E-state index in [1.807, 2.05) is 38.1 Å². The lowest BCUT2D eigenvalue weighted by molar-refractivity contribution is 0.186. The van der Waals surface area contributed by atoms with Gasteiger partial charge in [-0.3, -0.25) is 4.99 Å². The van der Waals surface area contributed by atoms with Crippen LogP contribution in [-0.2, 0) is 0 Å². The summed E-state index contributed by atoms with van der Waals surface area (Å²) in [5.41, 5.74) is 1.52. The number of halogens is 2. The second-order valence-electron chi connectivity index (χ2n) is 7.82. The van der Waals surface area contributed by atoms with Crippen molar-refractivity contribution in [3.8, 4) is 11.5 Å². The van der Waals surface area contributed by atoms with Crippen molar-refractivity contribution in [3.63, 3.8) is 0 Å². The van der Waals surface area contributed by atoms with Crippen LogP contribution in [0.5, 0.6) is 11.5 Å². The monoisotopic (exact) mass is 557 g/mol. The molecule has 0 radical (unpaired) electrons. The quantitative estimate of drug-likeness (QED) is 0.227. The van der Waals surface area contributed by atoms with Crippen molar-refractivity contribution in [1.29, 1.82) is 0 Å².